The second kappa shape index (κ2) is 7.22. The van der Waals surface area contributed by atoms with E-state index in [4.69, 9.17) is 5.11 Å². The highest BCUT2D eigenvalue weighted by Crippen LogP contribution is 1.99. The number of hydrogen-bond acceptors (Lipinski definition) is 3. The van der Waals surface area contributed by atoms with Crippen LogP contribution in [0.2, 0.25) is 0 Å². The van der Waals surface area contributed by atoms with Crippen LogP contribution in [-0.4, -0.2) is 47.6 Å². The molecule has 0 aliphatic rings. The van der Waals surface area contributed by atoms with E-state index in [0.29, 0.717) is 13.1 Å². The van der Waals surface area contributed by atoms with Crippen molar-refractivity contribution in [1.29, 1.82) is 0 Å². The van der Waals surface area contributed by atoms with E-state index in [-0.39, 0.29) is 18.5 Å². The summed E-state index contributed by atoms with van der Waals surface area (Å²) in [6.07, 6.45) is 0. The molecule has 0 spiro atoms. The van der Waals surface area contributed by atoms with Crippen molar-refractivity contribution in [3.8, 4) is 0 Å². The third kappa shape index (κ3) is 6.40. The first kappa shape index (κ1) is 14.9. The summed E-state index contributed by atoms with van der Waals surface area (Å²) in [5.74, 6) is -1.34. The standard InChI is InChI=1S/C11H22N2O3/c1-5-13(6-9(4)11(15)16)7-10(14)12-8(2)3/h8-9H,5-7H2,1-4H3,(H,12,14)(H,15,16). The second-order valence-electron chi connectivity index (χ2n) is 4.29. The number of aliphatic carboxylic acids is 1. The van der Waals surface area contributed by atoms with Crippen LogP contribution in [0.25, 0.3) is 0 Å². The fraction of sp³-hybridized carbons (Fsp3) is 0.818. The van der Waals surface area contributed by atoms with Crippen molar-refractivity contribution in [2.45, 2.75) is 33.7 Å². The lowest BCUT2D eigenvalue weighted by Crippen LogP contribution is -2.42. The summed E-state index contributed by atoms with van der Waals surface area (Å²) in [6.45, 7) is 8.68. The average Bonchev–Trinajstić information content (AvgIpc) is 2.14. The normalized spacial score (nSPS) is 12.9. The molecule has 1 amide bonds. The molecule has 94 valence electrons. The zero-order valence-electron chi connectivity index (χ0n) is 10.5. The quantitative estimate of drug-likeness (QED) is 0.670. The first-order chi connectivity index (χ1) is 7.36. The van der Waals surface area contributed by atoms with Crippen LogP contribution in [0.15, 0.2) is 0 Å². The van der Waals surface area contributed by atoms with Gasteiger partial charge in [0.1, 0.15) is 0 Å². The van der Waals surface area contributed by atoms with Crippen molar-refractivity contribution in [2.75, 3.05) is 19.6 Å². The lowest BCUT2D eigenvalue weighted by atomic mass is 10.1. The summed E-state index contributed by atoms with van der Waals surface area (Å²) >= 11 is 0. The fourth-order valence-corrected chi connectivity index (χ4v) is 1.34. The smallest absolute Gasteiger partial charge is 0.307 e. The molecule has 0 aromatic carbocycles. The molecule has 0 aromatic heterocycles. The van der Waals surface area contributed by atoms with E-state index in [1.807, 2.05) is 25.7 Å². The van der Waals surface area contributed by atoms with Gasteiger partial charge in [0.05, 0.1) is 12.5 Å². The van der Waals surface area contributed by atoms with E-state index in [9.17, 15) is 9.59 Å². The Balaban J connectivity index is 4.09. The maximum Gasteiger partial charge on any atom is 0.307 e. The van der Waals surface area contributed by atoms with Crippen LogP contribution in [-0.2, 0) is 9.59 Å². The zero-order valence-corrected chi connectivity index (χ0v) is 10.5. The van der Waals surface area contributed by atoms with Crippen molar-refractivity contribution in [3.63, 3.8) is 0 Å². The van der Waals surface area contributed by atoms with E-state index in [1.165, 1.54) is 0 Å². The molecule has 0 aliphatic heterocycles. The van der Waals surface area contributed by atoms with E-state index in [2.05, 4.69) is 5.32 Å². The molecule has 0 radical (unpaired) electrons. The number of carbonyl (C=O) groups excluding carboxylic acids is 1. The number of nitrogens with zero attached hydrogens (tertiary/aromatic N) is 1. The minimum atomic E-state index is -0.831. The van der Waals surface area contributed by atoms with E-state index in [0.717, 1.165) is 0 Å². The van der Waals surface area contributed by atoms with E-state index < -0.39 is 11.9 Å². The number of carbonyl (C=O) groups is 2. The Morgan fingerprint density at radius 3 is 2.25 bits per heavy atom. The van der Waals surface area contributed by atoms with Gasteiger partial charge in [0.15, 0.2) is 0 Å². The number of hydrogen-bond donors (Lipinski definition) is 2. The molecule has 5 nitrogen and oxygen atoms in total. The molecular weight excluding hydrogens is 208 g/mol. The molecule has 0 bridgehead atoms. The summed E-state index contributed by atoms with van der Waals surface area (Å²) in [5, 5.41) is 11.6. The molecule has 0 aliphatic carbocycles. The predicted molar refractivity (Wildman–Crippen MR) is 62.2 cm³/mol. The van der Waals surface area contributed by atoms with Crippen LogP contribution in [0.4, 0.5) is 0 Å². The van der Waals surface area contributed by atoms with Crippen LogP contribution in [0, 0.1) is 5.92 Å². The minimum absolute atomic E-state index is 0.0607. The molecule has 0 fully saturated rings. The van der Waals surface area contributed by atoms with Gasteiger partial charge in [0, 0.05) is 12.6 Å². The molecule has 2 N–H and O–H groups in total. The Morgan fingerprint density at radius 2 is 1.88 bits per heavy atom. The average molecular weight is 230 g/mol. The third-order valence-electron chi connectivity index (χ3n) is 2.22. The van der Waals surface area contributed by atoms with Crippen LogP contribution >= 0.6 is 0 Å². The van der Waals surface area contributed by atoms with Gasteiger partial charge in [-0.3, -0.25) is 14.5 Å². The summed E-state index contributed by atoms with van der Waals surface area (Å²) in [4.78, 5) is 24.0. The number of nitrogens with one attached hydrogen (secondary N) is 1. The van der Waals surface area contributed by atoms with Gasteiger partial charge in [-0.15, -0.1) is 0 Å². The Morgan fingerprint density at radius 1 is 1.31 bits per heavy atom. The van der Waals surface area contributed by atoms with Gasteiger partial charge in [-0.25, -0.2) is 0 Å². The first-order valence-electron chi connectivity index (χ1n) is 5.61. The lowest BCUT2D eigenvalue weighted by Gasteiger charge is -2.22. The monoisotopic (exact) mass is 230 g/mol. The van der Waals surface area contributed by atoms with Gasteiger partial charge in [-0.05, 0) is 20.4 Å². The molecule has 1 unspecified atom stereocenters. The number of likely N-dealkylation sites (N-methyl/N-ethyl adjacent to an activating group) is 1. The molecule has 0 rings (SSSR count). The molecule has 0 heterocycles. The van der Waals surface area contributed by atoms with Crippen LogP contribution in [0.3, 0.4) is 0 Å². The number of rotatable bonds is 7. The summed E-state index contributed by atoms with van der Waals surface area (Å²) in [5.41, 5.74) is 0. The van der Waals surface area contributed by atoms with Crippen molar-refractivity contribution >= 4 is 11.9 Å². The minimum Gasteiger partial charge on any atom is -0.481 e. The van der Waals surface area contributed by atoms with Crippen molar-refractivity contribution in [3.05, 3.63) is 0 Å². The van der Waals surface area contributed by atoms with Gasteiger partial charge in [-0.2, -0.15) is 0 Å². The molecule has 1 atom stereocenters. The van der Waals surface area contributed by atoms with Crippen LogP contribution < -0.4 is 5.32 Å². The Labute approximate surface area is 96.8 Å². The number of carboxylic acids is 1. The van der Waals surface area contributed by atoms with Crippen molar-refractivity contribution < 1.29 is 14.7 Å². The zero-order chi connectivity index (χ0) is 12.7. The second-order valence-corrected chi connectivity index (χ2v) is 4.29. The highest BCUT2D eigenvalue weighted by molar-refractivity contribution is 5.78. The molecule has 5 heteroatoms. The molecule has 0 saturated heterocycles. The van der Waals surface area contributed by atoms with E-state index in [1.54, 1.807) is 6.92 Å². The van der Waals surface area contributed by atoms with Crippen molar-refractivity contribution in [2.24, 2.45) is 5.92 Å². The lowest BCUT2D eigenvalue weighted by molar-refractivity contribution is -0.142. The fourth-order valence-electron chi connectivity index (χ4n) is 1.34. The molecule has 0 saturated carbocycles. The Kier molecular flexibility index (Phi) is 6.72. The van der Waals surface area contributed by atoms with E-state index >= 15 is 0 Å². The number of carboxylic acid groups (broad SMARTS) is 1. The van der Waals surface area contributed by atoms with Gasteiger partial charge in [0.2, 0.25) is 5.91 Å². The summed E-state index contributed by atoms with van der Waals surface area (Å²) < 4.78 is 0. The SMILES string of the molecule is CCN(CC(=O)NC(C)C)CC(C)C(=O)O. The van der Waals surface area contributed by atoms with Crippen molar-refractivity contribution in [1.82, 2.24) is 10.2 Å². The first-order valence-corrected chi connectivity index (χ1v) is 5.61. The highest BCUT2D eigenvalue weighted by atomic mass is 16.4. The maximum atomic E-state index is 11.5. The Bertz CT molecular complexity index is 241. The van der Waals surface area contributed by atoms with Crippen LogP contribution in [0.5, 0.6) is 0 Å². The molecular formula is C11H22N2O3. The topological polar surface area (TPSA) is 69.6 Å². The maximum absolute atomic E-state index is 11.5. The number of amides is 1. The predicted octanol–water partition coefficient (Wildman–Crippen LogP) is 0.554. The van der Waals surface area contributed by atoms with Crippen LogP contribution in [0.1, 0.15) is 27.7 Å². The molecule has 16 heavy (non-hydrogen) atoms. The van der Waals surface area contributed by atoms with Gasteiger partial charge in [-0.1, -0.05) is 13.8 Å². The summed E-state index contributed by atoms with van der Waals surface area (Å²) in [7, 11) is 0. The Hall–Kier alpha value is -1.10. The third-order valence-corrected chi connectivity index (χ3v) is 2.22. The van der Waals surface area contributed by atoms with Gasteiger partial charge < -0.3 is 10.4 Å². The molecule has 0 aromatic rings. The van der Waals surface area contributed by atoms with Gasteiger partial charge >= 0.3 is 5.97 Å². The highest BCUT2D eigenvalue weighted by Gasteiger charge is 2.17. The van der Waals surface area contributed by atoms with Gasteiger partial charge in [0.25, 0.3) is 0 Å². The summed E-state index contributed by atoms with van der Waals surface area (Å²) in [6, 6.07) is 0.114. The largest absolute Gasteiger partial charge is 0.481 e.